The summed E-state index contributed by atoms with van der Waals surface area (Å²) in [6, 6.07) is 8.47. The fraction of sp³-hybridized carbons (Fsp3) is 0.154. The Labute approximate surface area is 112 Å². The first kappa shape index (κ1) is 14.1. The molecular weight excluding hydrogens is 273 g/mol. The highest BCUT2D eigenvalue weighted by atomic mass is 19.4. The minimum Gasteiger partial charge on any atom is -0.406 e. The van der Waals surface area contributed by atoms with Gasteiger partial charge in [0, 0.05) is 5.56 Å². The minimum absolute atomic E-state index is 0.306. The van der Waals surface area contributed by atoms with Crippen LogP contribution in [0.3, 0.4) is 0 Å². The fourth-order valence-corrected chi connectivity index (χ4v) is 1.63. The number of hydrogen-bond donors (Lipinski definition) is 2. The van der Waals surface area contributed by atoms with Gasteiger partial charge in [0.15, 0.2) is 0 Å². The van der Waals surface area contributed by atoms with Crippen LogP contribution in [0.4, 0.5) is 18.9 Å². The molecule has 0 aliphatic rings. The summed E-state index contributed by atoms with van der Waals surface area (Å²) in [4.78, 5) is 4.13. The highest BCUT2D eigenvalue weighted by Gasteiger charge is 2.30. The number of alkyl halides is 3. The second-order valence-corrected chi connectivity index (χ2v) is 3.96. The van der Waals surface area contributed by atoms with Gasteiger partial charge in [0.2, 0.25) is 0 Å². The molecule has 0 aliphatic carbocycles. The number of hydrogen-bond acceptors (Lipinski definition) is 4. The van der Waals surface area contributed by atoms with E-state index in [0.717, 1.165) is 0 Å². The highest BCUT2D eigenvalue weighted by molar-refractivity contribution is 5.62. The van der Waals surface area contributed by atoms with Crippen molar-refractivity contribution in [2.45, 2.75) is 13.0 Å². The van der Waals surface area contributed by atoms with Crippen LogP contribution < -0.4 is 10.5 Å². The number of aliphatic hydroxyl groups is 1. The SMILES string of the molecule is Nc1ccc(-c2ccc(OC(F)(F)F)cc2)nc1CO. The lowest BCUT2D eigenvalue weighted by Crippen LogP contribution is -2.16. The molecule has 0 radical (unpaired) electrons. The number of rotatable bonds is 3. The number of ether oxygens (including phenoxy) is 1. The van der Waals surface area contributed by atoms with E-state index in [-0.39, 0.29) is 12.4 Å². The predicted octanol–water partition coefficient (Wildman–Crippen LogP) is 2.72. The number of benzene rings is 1. The van der Waals surface area contributed by atoms with Gasteiger partial charge < -0.3 is 15.6 Å². The van der Waals surface area contributed by atoms with Crippen molar-refractivity contribution in [3.05, 3.63) is 42.1 Å². The molecule has 2 rings (SSSR count). The van der Waals surface area contributed by atoms with Gasteiger partial charge in [0.05, 0.1) is 23.7 Å². The van der Waals surface area contributed by atoms with Crippen molar-refractivity contribution >= 4 is 5.69 Å². The quantitative estimate of drug-likeness (QED) is 0.909. The smallest absolute Gasteiger partial charge is 0.406 e. The maximum Gasteiger partial charge on any atom is 0.573 e. The number of pyridine rings is 1. The van der Waals surface area contributed by atoms with Crippen LogP contribution in [0.2, 0.25) is 0 Å². The first-order valence-electron chi connectivity index (χ1n) is 5.61. The molecule has 1 heterocycles. The van der Waals surface area contributed by atoms with Crippen molar-refractivity contribution in [2.24, 2.45) is 0 Å². The van der Waals surface area contributed by atoms with Crippen molar-refractivity contribution in [3.63, 3.8) is 0 Å². The number of nitrogen functional groups attached to an aromatic ring is 1. The molecule has 4 nitrogen and oxygen atoms in total. The molecule has 1 aromatic carbocycles. The molecule has 0 fully saturated rings. The van der Waals surface area contributed by atoms with Crippen LogP contribution in [-0.2, 0) is 6.61 Å². The van der Waals surface area contributed by atoms with Crippen molar-refractivity contribution < 1.29 is 23.0 Å². The Morgan fingerprint density at radius 3 is 2.30 bits per heavy atom. The zero-order valence-electron chi connectivity index (χ0n) is 10.2. The summed E-state index contributed by atoms with van der Waals surface area (Å²) >= 11 is 0. The average molecular weight is 284 g/mol. The van der Waals surface area contributed by atoms with E-state index in [0.29, 0.717) is 22.6 Å². The topological polar surface area (TPSA) is 68.4 Å². The second-order valence-electron chi connectivity index (χ2n) is 3.96. The summed E-state index contributed by atoms with van der Waals surface area (Å²) < 4.78 is 39.9. The van der Waals surface area contributed by atoms with Gasteiger partial charge in [0.1, 0.15) is 5.75 Å². The lowest BCUT2D eigenvalue weighted by molar-refractivity contribution is -0.274. The lowest BCUT2D eigenvalue weighted by Gasteiger charge is -2.10. The molecule has 106 valence electrons. The average Bonchev–Trinajstić information content (AvgIpc) is 2.38. The number of nitrogens with two attached hydrogens (primary N) is 1. The van der Waals surface area contributed by atoms with E-state index >= 15 is 0 Å². The Balaban J connectivity index is 2.26. The van der Waals surface area contributed by atoms with Gasteiger partial charge in [0.25, 0.3) is 0 Å². The van der Waals surface area contributed by atoms with Crippen LogP contribution in [0.15, 0.2) is 36.4 Å². The van der Waals surface area contributed by atoms with E-state index < -0.39 is 6.36 Å². The molecule has 0 spiro atoms. The third-order valence-corrected chi connectivity index (χ3v) is 2.54. The molecule has 0 unspecified atom stereocenters. The first-order chi connectivity index (χ1) is 9.39. The maximum absolute atomic E-state index is 12.0. The number of halogens is 3. The van der Waals surface area contributed by atoms with E-state index in [1.54, 1.807) is 12.1 Å². The zero-order valence-corrected chi connectivity index (χ0v) is 10.2. The van der Waals surface area contributed by atoms with Gasteiger partial charge in [-0.3, -0.25) is 0 Å². The highest BCUT2D eigenvalue weighted by Crippen LogP contribution is 2.26. The summed E-state index contributed by atoms with van der Waals surface area (Å²) in [5.74, 6) is -0.306. The van der Waals surface area contributed by atoms with Gasteiger partial charge in [-0.2, -0.15) is 0 Å². The van der Waals surface area contributed by atoms with Gasteiger partial charge >= 0.3 is 6.36 Å². The van der Waals surface area contributed by atoms with Crippen LogP contribution in [0.25, 0.3) is 11.3 Å². The van der Waals surface area contributed by atoms with Crippen molar-refractivity contribution in [2.75, 3.05) is 5.73 Å². The number of anilines is 1. The third kappa shape index (κ3) is 3.39. The normalized spacial score (nSPS) is 11.4. The summed E-state index contributed by atoms with van der Waals surface area (Å²) in [6.45, 7) is -0.311. The monoisotopic (exact) mass is 284 g/mol. The van der Waals surface area contributed by atoms with Gasteiger partial charge in [-0.25, -0.2) is 4.98 Å². The Morgan fingerprint density at radius 1 is 1.10 bits per heavy atom. The molecule has 3 N–H and O–H groups in total. The largest absolute Gasteiger partial charge is 0.573 e. The molecule has 0 saturated carbocycles. The lowest BCUT2D eigenvalue weighted by atomic mass is 10.1. The Kier molecular flexibility index (Phi) is 3.80. The number of aromatic nitrogens is 1. The Morgan fingerprint density at radius 2 is 1.75 bits per heavy atom. The van der Waals surface area contributed by atoms with Crippen LogP contribution in [0.1, 0.15) is 5.69 Å². The number of nitrogens with zero attached hydrogens (tertiary/aromatic N) is 1. The maximum atomic E-state index is 12.0. The second kappa shape index (κ2) is 5.38. The van der Waals surface area contributed by atoms with Crippen molar-refractivity contribution in [3.8, 4) is 17.0 Å². The van der Waals surface area contributed by atoms with E-state index in [1.165, 1.54) is 24.3 Å². The molecule has 1 aromatic heterocycles. The minimum atomic E-state index is -4.72. The molecule has 0 aliphatic heterocycles. The predicted molar refractivity (Wildman–Crippen MR) is 66.7 cm³/mol. The number of aliphatic hydroxyl groups excluding tert-OH is 1. The molecule has 0 atom stereocenters. The van der Waals surface area contributed by atoms with Crippen molar-refractivity contribution in [1.82, 2.24) is 4.98 Å². The van der Waals surface area contributed by atoms with Gasteiger partial charge in [-0.1, -0.05) is 0 Å². The zero-order chi connectivity index (χ0) is 14.8. The standard InChI is InChI=1S/C13H11F3N2O2/c14-13(15,16)20-9-3-1-8(2-4-9)11-6-5-10(17)12(7-19)18-11/h1-6,19H,7,17H2. The van der Waals surface area contributed by atoms with Crippen LogP contribution >= 0.6 is 0 Å². The molecule has 0 saturated heterocycles. The van der Waals surface area contributed by atoms with Gasteiger partial charge in [-0.15, -0.1) is 13.2 Å². The Hall–Kier alpha value is -2.28. The Bertz CT molecular complexity index is 598. The van der Waals surface area contributed by atoms with Crippen LogP contribution in [0.5, 0.6) is 5.75 Å². The fourth-order valence-electron chi connectivity index (χ4n) is 1.63. The molecule has 7 heteroatoms. The van der Waals surface area contributed by atoms with E-state index in [1.807, 2.05) is 0 Å². The summed E-state index contributed by atoms with van der Waals surface area (Å²) in [6.07, 6.45) is -4.72. The van der Waals surface area contributed by atoms with E-state index in [9.17, 15) is 13.2 Å². The van der Waals surface area contributed by atoms with Crippen LogP contribution in [0, 0.1) is 0 Å². The summed E-state index contributed by atoms with van der Waals surface area (Å²) in [5, 5.41) is 9.07. The summed E-state index contributed by atoms with van der Waals surface area (Å²) in [7, 11) is 0. The molecule has 2 aromatic rings. The first-order valence-corrected chi connectivity index (χ1v) is 5.61. The van der Waals surface area contributed by atoms with E-state index in [4.69, 9.17) is 10.8 Å². The van der Waals surface area contributed by atoms with Crippen LogP contribution in [-0.4, -0.2) is 16.5 Å². The summed E-state index contributed by atoms with van der Waals surface area (Å²) in [5.41, 5.74) is 7.37. The molecular formula is C13H11F3N2O2. The van der Waals surface area contributed by atoms with Gasteiger partial charge in [-0.05, 0) is 36.4 Å². The molecule has 0 amide bonds. The van der Waals surface area contributed by atoms with E-state index in [2.05, 4.69) is 9.72 Å². The molecule has 0 bridgehead atoms. The third-order valence-electron chi connectivity index (χ3n) is 2.54. The van der Waals surface area contributed by atoms with Crippen molar-refractivity contribution in [1.29, 1.82) is 0 Å². The molecule has 20 heavy (non-hydrogen) atoms.